The Morgan fingerprint density at radius 3 is 2.45 bits per heavy atom. The van der Waals surface area contributed by atoms with Crippen LogP contribution < -0.4 is 5.73 Å². The smallest absolute Gasteiger partial charge is 0.344 e. The molecule has 0 radical (unpaired) electrons. The van der Waals surface area contributed by atoms with Crippen LogP contribution in [-0.2, 0) is 11.3 Å². The molecule has 2 heterocycles. The number of aromatic nitrogens is 3. The monoisotopic (exact) mass is 408 g/mol. The Kier molecular flexibility index (Phi) is 5.11. The average Bonchev–Trinajstić information content (AvgIpc) is 2.97. The summed E-state index contributed by atoms with van der Waals surface area (Å²) < 4.78 is 7.22. The van der Waals surface area contributed by atoms with Crippen molar-refractivity contribution in [1.82, 2.24) is 14.5 Å². The lowest BCUT2D eigenvalue weighted by Crippen LogP contribution is -2.13. The standard InChI is InChI=1S/C22H21ClN4O2/c1-13(2)12-29-22(28)18-19-21(26-17-10-6-5-9-16(17)25-19)27(20(18)24)11-14-7-3-4-8-15(14)23/h3-10,13H,11-12,24H2,1-2H3. The van der Waals surface area contributed by atoms with E-state index in [1.165, 1.54) is 0 Å². The van der Waals surface area contributed by atoms with Gasteiger partial charge >= 0.3 is 5.97 Å². The van der Waals surface area contributed by atoms with E-state index in [0.29, 0.717) is 34.9 Å². The molecule has 4 aromatic rings. The van der Waals surface area contributed by atoms with Gasteiger partial charge in [-0.1, -0.05) is 55.8 Å². The van der Waals surface area contributed by atoms with E-state index in [4.69, 9.17) is 27.1 Å². The number of benzene rings is 2. The zero-order chi connectivity index (χ0) is 20.5. The molecule has 29 heavy (non-hydrogen) atoms. The molecule has 7 heteroatoms. The third-order valence-electron chi connectivity index (χ3n) is 4.63. The van der Waals surface area contributed by atoms with Crippen LogP contribution in [0.1, 0.15) is 29.8 Å². The number of halogens is 1. The van der Waals surface area contributed by atoms with Gasteiger partial charge in [-0.05, 0) is 29.7 Å². The number of fused-ring (bicyclic) bond motifs is 2. The molecular formula is C22H21ClN4O2. The van der Waals surface area contributed by atoms with Gasteiger partial charge in [0.05, 0.1) is 24.2 Å². The van der Waals surface area contributed by atoms with Crippen LogP contribution in [0.5, 0.6) is 0 Å². The summed E-state index contributed by atoms with van der Waals surface area (Å²) in [6, 6.07) is 15.0. The highest BCUT2D eigenvalue weighted by Gasteiger charge is 2.25. The number of nitrogen functional groups attached to an aromatic ring is 1. The van der Waals surface area contributed by atoms with Crippen molar-refractivity contribution in [2.45, 2.75) is 20.4 Å². The fourth-order valence-electron chi connectivity index (χ4n) is 3.19. The third-order valence-corrected chi connectivity index (χ3v) is 5.00. The number of carbonyl (C=O) groups is 1. The number of nitrogens with zero attached hydrogens (tertiary/aromatic N) is 3. The summed E-state index contributed by atoms with van der Waals surface area (Å²) in [5.41, 5.74) is 9.90. The van der Waals surface area contributed by atoms with Crippen molar-refractivity contribution in [1.29, 1.82) is 0 Å². The summed E-state index contributed by atoms with van der Waals surface area (Å²) in [6.45, 7) is 4.62. The molecule has 2 N–H and O–H groups in total. The van der Waals surface area contributed by atoms with Gasteiger partial charge in [-0.15, -0.1) is 0 Å². The zero-order valence-corrected chi connectivity index (χ0v) is 17.0. The Hall–Kier alpha value is -3.12. The fourth-order valence-corrected chi connectivity index (χ4v) is 3.39. The summed E-state index contributed by atoms with van der Waals surface area (Å²) in [5, 5.41) is 0.617. The van der Waals surface area contributed by atoms with Crippen LogP contribution in [0.4, 0.5) is 5.82 Å². The van der Waals surface area contributed by atoms with E-state index in [-0.39, 0.29) is 17.3 Å². The Labute approximate surface area is 173 Å². The molecule has 0 aliphatic carbocycles. The predicted molar refractivity (Wildman–Crippen MR) is 115 cm³/mol. The Bertz CT molecular complexity index is 1220. The second-order valence-corrected chi connectivity index (χ2v) is 7.72. The van der Waals surface area contributed by atoms with E-state index in [0.717, 1.165) is 11.1 Å². The molecule has 148 valence electrons. The Morgan fingerprint density at radius 1 is 1.10 bits per heavy atom. The maximum absolute atomic E-state index is 12.8. The van der Waals surface area contributed by atoms with Gasteiger partial charge in [0.25, 0.3) is 0 Å². The number of carbonyl (C=O) groups excluding carboxylic acids is 1. The first-order chi connectivity index (χ1) is 14.0. The number of nitrogens with two attached hydrogens (primary N) is 1. The number of para-hydroxylation sites is 2. The summed E-state index contributed by atoms with van der Waals surface area (Å²) in [5.74, 6) is -0.0174. The van der Waals surface area contributed by atoms with Gasteiger partial charge in [0, 0.05) is 5.02 Å². The van der Waals surface area contributed by atoms with Gasteiger partial charge in [0.2, 0.25) is 0 Å². The van der Waals surface area contributed by atoms with Crippen molar-refractivity contribution in [2.75, 3.05) is 12.3 Å². The second-order valence-electron chi connectivity index (χ2n) is 7.31. The van der Waals surface area contributed by atoms with Gasteiger partial charge in [-0.2, -0.15) is 0 Å². The molecule has 2 aromatic heterocycles. The Morgan fingerprint density at radius 2 is 1.76 bits per heavy atom. The number of hydrogen-bond acceptors (Lipinski definition) is 5. The molecule has 0 amide bonds. The lowest BCUT2D eigenvalue weighted by molar-refractivity contribution is 0.0462. The van der Waals surface area contributed by atoms with E-state index in [1.54, 1.807) is 4.57 Å². The molecule has 0 unspecified atom stereocenters. The maximum Gasteiger partial charge on any atom is 0.344 e. The molecule has 6 nitrogen and oxygen atoms in total. The first-order valence-electron chi connectivity index (χ1n) is 9.40. The second kappa shape index (κ2) is 7.72. The van der Waals surface area contributed by atoms with Crippen molar-refractivity contribution in [3.63, 3.8) is 0 Å². The molecule has 4 rings (SSSR count). The van der Waals surface area contributed by atoms with Gasteiger partial charge in [0.1, 0.15) is 16.9 Å². The van der Waals surface area contributed by atoms with Crippen LogP contribution in [0.15, 0.2) is 48.5 Å². The highest BCUT2D eigenvalue weighted by atomic mass is 35.5. The molecule has 0 bridgehead atoms. The van der Waals surface area contributed by atoms with Gasteiger partial charge in [0.15, 0.2) is 5.65 Å². The highest BCUT2D eigenvalue weighted by Crippen LogP contribution is 2.30. The molecule has 0 saturated carbocycles. The molecule has 0 spiro atoms. The predicted octanol–water partition coefficient (Wildman–Crippen LogP) is 4.68. The number of rotatable bonds is 5. The van der Waals surface area contributed by atoms with Crippen LogP contribution in [0.2, 0.25) is 5.02 Å². The topological polar surface area (TPSA) is 83.0 Å². The van der Waals surface area contributed by atoms with Crippen molar-refractivity contribution in [2.24, 2.45) is 5.92 Å². The minimum atomic E-state index is -0.497. The summed E-state index contributed by atoms with van der Waals surface area (Å²) in [4.78, 5) is 22.2. The number of esters is 1. The van der Waals surface area contributed by atoms with Crippen LogP contribution in [0, 0.1) is 5.92 Å². The van der Waals surface area contributed by atoms with Gasteiger partial charge in [-0.3, -0.25) is 0 Å². The largest absolute Gasteiger partial charge is 0.462 e. The summed E-state index contributed by atoms with van der Waals surface area (Å²) in [7, 11) is 0. The molecule has 0 saturated heterocycles. The van der Waals surface area contributed by atoms with Gasteiger partial charge in [-0.25, -0.2) is 14.8 Å². The van der Waals surface area contributed by atoms with Crippen LogP contribution in [-0.4, -0.2) is 27.1 Å². The molecular weight excluding hydrogens is 388 g/mol. The molecule has 0 atom stereocenters. The van der Waals surface area contributed by atoms with E-state index in [9.17, 15) is 4.79 Å². The number of anilines is 1. The molecule has 0 aliphatic rings. The third kappa shape index (κ3) is 3.63. The molecule has 2 aromatic carbocycles. The van der Waals surface area contributed by atoms with Crippen LogP contribution in [0.3, 0.4) is 0 Å². The summed E-state index contributed by atoms with van der Waals surface area (Å²) >= 11 is 6.34. The fraction of sp³-hybridized carbons (Fsp3) is 0.227. The number of hydrogen-bond donors (Lipinski definition) is 1. The van der Waals surface area contributed by atoms with Crippen molar-refractivity contribution in [3.8, 4) is 0 Å². The minimum absolute atomic E-state index is 0.212. The van der Waals surface area contributed by atoms with E-state index >= 15 is 0 Å². The average molecular weight is 409 g/mol. The lowest BCUT2D eigenvalue weighted by atomic mass is 10.2. The zero-order valence-electron chi connectivity index (χ0n) is 16.2. The summed E-state index contributed by atoms with van der Waals surface area (Å²) in [6.07, 6.45) is 0. The van der Waals surface area contributed by atoms with Crippen LogP contribution in [0.25, 0.3) is 22.2 Å². The maximum atomic E-state index is 12.8. The van der Waals surface area contributed by atoms with Crippen molar-refractivity contribution in [3.05, 3.63) is 64.7 Å². The van der Waals surface area contributed by atoms with E-state index in [1.807, 2.05) is 62.4 Å². The van der Waals surface area contributed by atoms with Crippen molar-refractivity contribution >= 4 is 45.6 Å². The van der Waals surface area contributed by atoms with Crippen molar-refractivity contribution < 1.29 is 9.53 Å². The quantitative estimate of drug-likeness (QED) is 0.485. The van der Waals surface area contributed by atoms with E-state index in [2.05, 4.69) is 4.98 Å². The lowest BCUT2D eigenvalue weighted by Gasteiger charge is -2.10. The first kappa shape index (κ1) is 19.2. The molecule has 0 aliphatic heterocycles. The van der Waals surface area contributed by atoms with Crippen LogP contribution >= 0.6 is 11.6 Å². The normalized spacial score (nSPS) is 11.4. The molecule has 0 fully saturated rings. The Balaban J connectivity index is 1.92. The first-order valence-corrected chi connectivity index (χ1v) is 9.78. The number of ether oxygens (including phenoxy) is 1. The highest BCUT2D eigenvalue weighted by molar-refractivity contribution is 6.31. The minimum Gasteiger partial charge on any atom is -0.462 e. The SMILES string of the molecule is CC(C)COC(=O)c1c(N)n(Cc2ccccc2Cl)c2nc3ccccc3nc12. The van der Waals surface area contributed by atoms with Gasteiger partial charge < -0.3 is 15.0 Å². The van der Waals surface area contributed by atoms with E-state index < -0.39 is 5.97 Å².